The van der Waals surface area contributed by atoms with Crippen molar-refractivity contribution in [1.82, 2.24) is 0 Å². The van der Waals surface area contributed by atoms with E-state index in [9.17, 15) is 13.6 Å². The molecule has 1 heterocycles. The van der Waals surface area contributed by atoms with Gasteiger partial charge in [-0.2, -0.15) is 8.78 Å². The SMILES string of the molecule is Cc1ccc(C(=O)C(C)(F)F)o1. The Balaban J connectivity index is 2.93. The Morgan fingerprint density at radius 3 is 2.42 bits per heavy atom. The second-order valence-electron chi connectivity index (χ2n) is 2.63. The van der Waals surface area contributed by atoms with Gasteiger partial charge in [0.05, 0.1) is 0 Å². The molecule has 0 aliphatic carbocycles. The van der Waals surface area contributed by atoms with Crippen molar-refractivity contribution in [3.8, 4) is 0 Å². The van der Waals surface area contributed by atoms with Gasteiger partial charge in [0.15, 0.2) is 5.76 Å². The van der Waals surface area contributed by atoms with Crippen molar-refractivity contribution in [2.75, 3.05) is 0 Å². The summed E-state index contributed by atoms with van der Waals surface area (Å²) >= 11 is 0. The molecule has 4 heteroatoms. The lowest BCUT2D eigenvalue weighted by molar-refractivity contribution is 0.0194. The molecule has 2 nitrogen and oxygen atoms in total. The molecule has 0 radical (unpaired) electrons. The Morgan fingerprint density at radius 2 is 2.08 bits per heavy atom. The molecule has 0 unspecified atom stereocenters. The fraction of sp³-hybridized carbons (Fsp3) is 0.375. The van der Waals surface area contributed by atoms with E-state index in [4.69, 9.17) is 4.42 Å². The average molecular weight is 174 g/mol. The van der Waals surface area contributed by atoms with E-state index in [2.05, 4.69) is 0 Å². The number of ketones is 1. The lowest BCUT2D eigenvalue weighted by Crippen LogP contribution is -2.23. The second-order valence-corrected chi connectivity index (χ2v) is 2.63. The minimum atomic E-state index is -3.36. The summed E-state index contributed by atoms with van der Waals surface area (Å²) in [5.74, 6) is -4.48. The molecular weight excluding hydrogens is 166 g/mol. The van der Waals surface area contributed by atoms with Crippen LogP contribution in [0, 0.1) is 6.92 Å². The van der Waals surface area contributed by atoms with E-state index < -0.39 is 11.7 Å². The number of hydrogen-bond donors (Lipinski definition) is 0. The maximum absolute atomic E-state index is 12.4. The molecule has 1 rings (SSSR count). The Kier molecular flexibility index (Phi) is 2.00. The van der Waals surface area contributed by atoms with Crippen LogP contribution >= 0.6 is 0 Å². The van der Waals surface area contributed by atoms with Crippen molar-refractivity contribution in [3.63, 3.8) is 0 Å². The van der Waals surface area contributed by atoms with Gasteiger partial charge >= 0.3 is 5.92 Å². The van der Waals surface area contributed by atoms with Gasteiger partial charge in [0.25, 0.3) is 5.78 Å². The molecule has 0 aliphatic rings. The summed E-state index contributed by atoms with van der Waals surface area (Å²) in [6.07, 6.45) is 0. The van der Waals surface area contributed by atoms with Gasteiger partial charge in [-0.25, -0.2) is 0 Å². The van der Waals surface area contributed by atoms with Crippen LogP contribution in [0.1, 0.15) is 23.2 Å². The number of hydrogen-bond acceptors (Lipinski definition) is 2. The van der Waals surface area contributed by atoms with Gasteiger partial charge in [-0.1, -0.05) is 0 Å². The third-order valence-corrected chi connectivity index (χ3v) is 1.36. The van der Waals surface area contributed by atoms with E-state index in [1.165, 1.54) is 12.1 Å². The highest BCUT2D eigenvalue weighted by atomic mass is 19.3. The molecule has 12 heavy (non-hydrogen) atoms. The molecule has 0 aliphatic heterocycles. The lowest BCUT2D eigenvalue weighted by atomic mass is 10.2. The minimum Gasteiger partial charge on any atom is -0.458 e. The number of halogens is 2. The monoisotopic (exact) mass is 174 g/mol. The van der Waals surface area contributed by atoms with Crippen molar-refractivity contribution >= 4 is 5.78 Å². The summed E-state index contributed by atoms with van der Waals surface area (Å²) in [4.78, 5) is 10.8. The Labute approximate surface area is 68.2 Å². The molecule has 0 spiro atoms. The first-order chi connectivity index (χ1) is 5.41. The largest absolute Gasteiger partial charge is 0.458 e. The predicted octanol–water partition coefficient (Wildman–Crippen LogP) is 2.43. The molecular formula is C8H8F2O2. The van der Waals surface area contributed by atoms with Crippen LogP contribution in [0.2, 0.25) is 0 Å². The van der Waals surface area contributed by atoms with Crippen LogP contribution in [0.3, 0.4) is 0 Å². The molecule has 0 N–H and O–H groups in total. The smallest absolute Gasteiger partial charge is 0.310 e. The predicted molar refractivity (Wildman–Crippen MR) is 38.4 cm³/mol. The quantitative estimate of drug-likeness (QED) is 0.644. The van der Waals surface area contributed by atoms with E-state index in [1.807, 2.05) is 0 Å². The fourth-order valence-electron chi connectivity index (χ4n) is 0.773. The van der Waals surface area contributed by atoms with Crippen LogP contribution in [-0.4, -0.2) is 11.7 Å². The zero-order valence-electron chi connectivity index (χ0n) is 6.73. The number of carbonyl (C=O) groups is 1. The van der Waals surface area contributed by atoms with Crippen LogP contribution in [0.4, 0.5) is 8.78 Å². The summed E-state index contributed by atoms with van der Waals surface area (Å²) in [5, 5.41) is 0. The number of aryl methyl sites for hydroxylation is 1. The minimum absolute atomic E-state index is 0.292. The summed E-state index contributed by atoms with van der Waals surface area (Å²) in [7, 11) is 0. The van der Waals surface area contributed by atoms with Crippen molar-refractivity contribution < 1.29 is 18.0 Å². The molecule has 0 aromatic carbocycles. The molecule has 0 saturated heterocycles. The molecule has 66 valence electrons. The highest BCUT2D eigenvalue weighted by molar-refractivity contribution is 5.98. The zero-order valence-corrected chi connectivity index (χ0v) is 6.73. The summed E-state index contributed by atoms with van der Waals surface area (Å²) in [5.41, 5.74) is 0. The van der Waals surface area contributed by atoms with Gasteiger partial charge in [-0.05, 0) is 19.1 Å². The molecule has 1 aromatic heterocycles. The normalized spacial score (nSPS) is 11.7. The van der Waals surface area contributed by atoms with Gasteiger partial charge < -0.3 is 4.42 Å². The number of rotatable bonds is 2. The molecule has 0 fully saturated rings. The maximum Gasteiger partial charge on any atom is 0.310 e. The van der Waals surface area contributed by atoms with E-state index in [0.717, 1.165) is 0 Å². The van der Waals surface area contributed by atoms with E-state index in [1.54, 1.807) is 6.92 Å². The zero-order chi connectivity index (χ0) is 9.35. The highest BCUT2D eigenvalue weighted by Gasteiger charge is 2.35. The molecule has 1 aromatic rings. The van der Waals surface area contributed by atoms with Crippen molar-refractivity contribution in [2.24, 2.45) is 0 Å². The van der Waals surface area contributed by atoms with Gasteiger partial charge in [0.1, 0.15) is 5.76 Å². The third-order valence-electron chi connectivity index (χ3n) is 1.36. The topological polar surface area (TPSA) is 30.2 Å². The maximum atomic E-state index is 12.4. The first-order valence-electron chi connectivity index (χ1n) is 3.40. The Hall–Kier alpha value is -1.19. The third kappa shape index (κ3) is 1.69. The van der Waals surface area contributed by atoms with Crippen molar-refractivity contribution in [1.29, 1.82) is 0 Å². The lowest BCUT2D eigenvalue weighted by Gasteiger charge is -2.04. The van der Waals surface area contributed by atoms with Crippen molar-refractivity contribution in [2.45, 2.75) is 19.8 Å². The van der Waals surface area contributed by atoms with Crippen LogP contribution in [0.25, 0.3) is 0 Å². The van der Waals surface area contributed by atoms with Gasteiger partial charge in [0, 0.05) is 6.92 Å². The molecule has 0 atom stereocenters. The standard InChI is InChI=1S/C8H8F2O2/c1-5-3-4-6(12-5)7(11)8(2,9)10/h3-4H,1-2H3. The first kappa shape index (κ1) is 8.90. The second kappa shape index (κ2) is 2.69. The summed E-state index contributed by atoms with van der Waals surface area (Å²) in [6.45, 7) is 2.14. The van der Waals surface area contributed by atoms with Crippen LogP contribution in [0.5, 0.6) is 0 Å². The van der Waals surface area contributed by atoms with Crippen LogP contribution in [-0.2, 0) is 0 Å². The van der Waals surface area contributed by atoms with E-state index >= 15 is 0 Å². The summed E-state index contributed by atoms with van der Waals surface area (Å²) < 4.78 is 29.5. The molecule has 0 amide bonds. The molecule has 0 saturated carbocycles. The highest BCUT2D eigenvalue weighted by Crippen LogP contribution is 2.20. The van der Waals surface area contributed by atoms with Crippen LogP contribution < -0.4 is 0 Å². The van der Waals surface area contributed by atoms with Crippen molar-refractivity contribution in [3.05, 3.63) is 23.7 Å². The molecule has 0 bridgehead atoms. The number of carbonyl (C=O) groups excluding carboxylic acids is 1. The first-order valence-corrected chi connectivity index (χ1v) is 3.40. The number of Topliss-reactive ketones (excluding diaryl/α,β-unsaturated/α-hetero) is 1. The van der Waals surface area contributed by atoms with E-state index in [-0.39, 0.29) is 5.76 Å². The van der Waals surface area contributed by atoms with Gasteiger partial charge in [-0.3, -0.25) is 4.79 Å². The average Bonchev–Trinajstić information content (AvgIpc) is 2.32. The fourth-order valence-corrected chi connectivity index (χ4v) is 0.773. The Bertz CT molecular complexity index is 296. The van der Waals surface area contributed by atoms with Gasteiger partial charge in [0.2, 0.25) is 0 Å². The van der Waals surface area contributed by atoms with Crippen LogP contribution in [0.15, 0.2) is 16.5 Å². The van der Waals surface area contributed by atoms with Gasteiger partial charge in [-0.15, -0.1) is 0 Å². The number of alkyl halides is 2. The summed E-state index contributed by atoms with van der Waals surface area (Å²) in [6, 6.07) is 2.72. The van der Waals surface area contributed by atoms with E-state index in [0.29, 0.717) is 12.7 Å². The Morgan fingerprint density at radius 1 is 1.50 bits per heavy atom. The number of furan rings is 1.